The normalized spacial score (nSPS) is 19.5. The number of imide groups is 1. The van der Waals surface area contributed by atoms with E-state index in [1.54, 1.807) is 0 Å². The van der Waals surface area contributed by atoms with Gasteiger partial charge in [-0.1, -0.05) is 12.1 Å². The molecule has 1 aromatic carbocycles. The third-order valence-corrected chi connectivity index (χ3v) is 3.34. The molecule has 1 aromatic heterocycles. The van der Waals surface area contributed by atoms with E-state index in [1.807, 2.05) is 18.2 Å². The molecular weight excluding hydrogens is 244 g/mol. The van der Waals surface area contributed by atoms with Gasteiger partial charge in [-0.2, -0.15) is 0 Å². The van der Waals surface area contributed by atoms with Gasteiger partial charge in [0.05, 0.1) is 11.4 Å². The number of hydrogen-bond acceptors (Lipinski definition) is 5. The molecule has 6 heteroatoms. The number of piperidine rings is 1. The Morgan fingerprint density at radius 2 is 2.11 bits per heavy atom. The molecular formula is C13H12N4O2. The number of carbonyl (C=O) groups is 2. The Morgan fingerprint density at radius 3 is 2.89 bits per heavy atom. The summed E-state index contributed by atoms with van der Waals surface area (Å²) in [7, 11) is 0. The van der Waals surface area contributed by atoms with E-state index in [1.165, 1.54) is 6.33 Å². The van der Waals surface area contributed by atoms with E-state index in [4.69, 9.17) is 5.73 Å². The summed E-state index contributed by atoms with van der Waals surface area (Å²) in [5.41, 5.74) is 7.37. The predicted octanol–water partition coefficient (Wildman–Crippen LogP) is 0.732. The molecule has 1 unspecified atom stereocenters. The summed E-state index contributed by atoms with van der Waals surface area (Å²) in [5.74, 6) is -0.544. The third-order valence-electron chi connectivity index (χ3n) is 3.34. The Morgan fingerprint density at radius 1 is 1.26 bits per heavy atom. The van der Waals surface area contributed by atoms with E-state index >= 15 is 0 Å². The molecule has 19 heavy (non-hydrogen) atoms. The molecule has 1 atom stereocenters. The van der Waals surface area contributed by atoms with Crippen LogP contribution < -0.4 is 11.1 Å². The number of nitrogens with zero attached hydrogens (tertiary/aromatic N) is 2. The zero-order chi connectivity index (χ0) is 13.4. The molecule has 0 aliphatic carbocycles. The van der Waals surface area contributed by atoms with E-state index in [0.717, 1.165) is 5.56 Å². The average Bonchev–Trinajstić information content (AvgIpc) is 2.38. The van der Waals surface area contributed by atoms with Gasteiger partial charge in [0, 0.05) is 11.8 Å². The van der Waals surface area contributed by atoms with Crippen LogP contribution >= 0.6 is 0 Å². The summed E-state index contributed by atoms with van der Waals surface area (Å²) in [4.78, 5) is 31.3. The number of nitrogens with one attached hydrogen (secondary N) is 1. The van der Waals surface area contributed by atoms with Gasteiger partial charge in [-0.05, 0) is 18.1 Å². The van der Waals surface area contributed by atoms with E-state index in [-0.39, 0.29) is 17.7 Å². The fraction of sp³-hybridized carbons (Fsp3) is 0.231. The number of benzene rings is 1. The molecule has 6 nitrogen and oxygen atoms in total. The summed E-state index contributed by atoms with van der Waals surface area (Å²) in [6.07, 6.45) is 2.21. The highest BCUT2D eigenvalue weighted by molar-refractivity contribution is 6.04. The Kier molecular flexibility index (Phi) is 2.63. The van der Waals surface area contributed by atoms with Crippen molar-refractivity contribution in [2.45, 2.75) is 18.8 Å². The maximum atomic E-state index is 11.9. The lowest BCUT2D eigenvalue weighted by molar-refractivity contribution is -0.134. The maximum absolute atomic E-state index is 11.9. The number of fused-ring (bicyclic) bond motifs is 1. The molecule has 1 aliphatic heterocycles. The number of aromatic nitrogens is 2. The maximum Gasteiger partial charge on any atom is 0.234 e. The first-order valence-electron chi connectivity index (χ1n) is 5.99. The molecule has 3 rings (SSSR count). The Hall–Kier alpha value is -2.50. The highest BCUT2D eigenvalue weighted by Crippen LogP contribution is 2.32. The van der Waals surface area contributed by atoms with Gasteiger partial charge >= 0.3 is 0 Å². The lowest BCUT2D eigenvalue weighted by atomic mass is 9.88. The summed E-state index contributed by atoms with van der Waals surface area (Å²) in [6, 6.07) is 5.48. The van der Waals surface area contributed by atoms with Crippen molar-refractivity contribution in [3.63, 3.8) is 0 Å². The standard InChI is InChI=1S/C13H12N4O2/c14-12-11-7(2-1-3-9(11)15-6-16-12)8-4-5-10(18)17-13(8)19/h1-3,6,8H,4-5H2,(H2,14,15,16)(H,17,18,19). The SMILES string of the molecule is Nc1ncnc2cccc(C3CCC(=O)NC3=O)c12. The monoisotopic (exact) mass is 256 g/mol. The van der Waals surface area contributed by atoms with Crippen LogP contribution in [0.1, 0.15) is 24.3 Å². The van der Waals surface area contributed by atoms with Crippen LogP contribution in [-0.4, -0.2) is 21.8 Å². The topological polar surface area (TPSA) is 98.0 Å². The van der Waals surface area contributed by atoms with Crippen molar-refractivity contribution < 1.29 is 9.59 Å². The third kappa shape index (κ3) is 1.91. The summed E-state index contributed by atoms with van der Waals surface area (Å²) in [5, 5.41) is 3.05. The first kappa shape index (κ1) is 11.6. The molecule has 96 valence electrons. The lowest BCUT2D eigenvalue weighted by Gasteiger charge is -2.22. The van der Waals surface area contributed by atoms with Gasteiger partial charge in [0.1, 0.15) is 12.1 Å². The zero-order valence-electron chi connectivity index (χ0n) is 10.1. The molecule has 0 bridgehead atoms. The van der Waals surface area contributed by atoms with Gasteiger partial charge in [0.15, 0.2) is 0 Å². The molecule has 2 amide bonds. The minimum Gasteiger partial charge on any atom is -0.383 e. The summed E-state index contributed by atoms with van der Waals surface area (Å²) >= 11 is 0. The number of amides is 2. The molecule has 1 aliphatic rings. The van der Waals surface area contributed by atoms with Gasteiger partial charge in [-0.15, -0.1) is 0 Å². The molecule has 0 saturated carbocycles. The number of nitrogens with two attached hydrogens (primary N) is 1. The second-order valence-electron chi connectivity index (χ2n) is 4.50. The van der Waals surface area contributed by atoms with Crippen molar-refractivity contribution >= 4 is 28.5 Å². The number of anilines is 1. The van der Waals surface area contributed by atoms with Crippen molar-refractivity contribution in [1.82, 2.24) is 15.3 Å². The second-order valence-corrected chi connectivity index (χ2v) is 4.50. The van der Waals surface area contributed by atoms with Crippen LogP contribution in [0.15, 0.2) is 24.5 Å². The van der Waals surface area contributed by atoms with Crippen molar-refractivity contribution in [3.8, 4) is 0 Å². The van der Waals surface area contributed by atoms with Crippen LogP contribution in [0.3, 0.4) is 0 Å². The first-order chi connectivity index (χ1) is 9.16. The number of hydrogen-bond donors (Lipinski definition) is 2. The molecule has 0 radical (unpaired) electrons. The van der Waals surface area contributed by atoms with Crippen LogP contribution in [0, 0.1) is 0 Å². The number of nitrogen functional groups attached to an aromatic ring is 1. The molecule has 1 fully saturated rings. The number of rotatable bonds is 1. The summed E-state index contributed by atoms with van der Waals surface area (Å²) in [6.45, 7) is 0. The highest BCUT2D eigenvalue weighted by atomic mass is 16.2. The highest BCUT2D eigenvalue weighted by Gasteiger charge is 2.29. The Labute approximate surface area is 109 Å². The van der Waals surface area contributed by atoms with E-state index < -0.39 is 0 Å². The summed E-state index contributed by atoms with van der Waals surface area (Å²) < 4.78 is 0. The van der Waals surface area contributed by atoms with Crippen molar-refractivity contribution in [2.24, 2.45) is 0 Å². The molecule has 2 aromatic rings. The molecule has 0 spiro atoms. The van der Waals surface area contributed by atoms with Crippen molar-refractivity contribution in [3.05, 3.63) is 30.1 Å². The van der Waals surface area contributed by atoms with Gasteiger partial charge in [-0.25, -0.2) is 9.97 Å². The molecule has 1 saturated heterocycles. The van der Waals surface area contributed by atoms with Crippen LogP contribution in [0.5, 0.6) is 0 Å². The van der Waals surface area contributed by atoms with E-state index in [9.17, 15) is 9.59 Å². The largest absolute Gasteiger partial charge is 0.383 e. The average molecular weight is 256 g/mol. The predicted molar refractivity (Wildman–Crippen MR) is 69.1 cm³/mol. The fourth-order valence-corrected chi connectivity index (χ4v) is 2.44. The van der Waals surface area contributed by atoms with Crippen LogP contribution in [0.25, 0.3) is 10.9 Å². The van der Waals surface area contributed by atoms with Gasteiger partial charge in [-0.3, -0.25) is 14.9 Å². The van der Waals surface area contributed by atoms with Crippen molar-refractivity contribution in [1.29, 1.82) is 0 Å². The zero-order valence-corrected chi connectivity index (χ0v) is 10.1. The Bertz CT molecular complexity index is 678. The molecule has 2 heterocycles. The first-order valence-corrected chi connectivity index (χ1v) is 5.99. The number of carbonyl (C=O) groups excluding carboxylic acids is 2. The Balaban J connectivity index is 2.15. The van der Waals surface area contributed by atoms with E-state index in [0.29, 0.717) is 29.6 Å². The van der Waals surface area contributed by atoms with Crippen LogP contribution in [-0.2, 0) is 9.59 Å². The second kappa shape index (κ2) is 4.31. The van der Waals surface area contributed by atoms with Gasteiger partial charge in [0.2, 0.25) is 11.8 Å². The van der Waals surface area contributed by atoms with Crippen LogP contribution in [0.2, 0.25) is 0 Å². The van der Waals surface area contributed by atoms with Crippen LogP contribution in [0.4, 0.5) is 5.82 Å². The van der Waals surface area contributed by atoms with Gasteiger partial charge < -0.3 is 5.73 Å². The molecule has 3 N–H and O–H groups in total. The smallest absolute Gasteiger partial charge is 0.234 e. The van der Waals surface area contributed by atoms with Crippen molar-refractivity contribution in [2.75, 3.05) is 5.73 Å². The minimum atomic E-state index is -0.380. The van der Waals surface area contributed by atoms with Gasteiger partial charge in [0.25, 0.3) is 0 Å². The quantitative estimate of drug-likeness (QED) is 0.733. The lowest BCUT2D eigenvalue weighted by Crippen LogP contribution is -2.39. The fourth-order valence-electron chi connectivity index (χ4n) is 2.44. The van der Waals surface area contributed by atoms with E-state index in [2.05, 4.69) is 15.3 Å². The minimum absolute atomic E-state index is 0.231.